The summed E-state index contributed by atoms with van der Waals surface area (Å²) in [5.41, 5.74) is 1.12. The van der Waals surface area contributed by atoms with Gasteiger partial charge in [-0.25, -0.2) is 0 Å². The topological polar surface area (TPSA) is 41.6 Å². The zero-order chi connectivity index (χ0) is 18.0. The van der Waals surface area contributed by atoms with Gasteiger partial charge in [-0.3, -0.25) is 4.79 Å². The number of nitrogens with one attached hydrogen (secondary N) is 1. The number of carbonyl (C=O) groups is 1. The van der Waals surface area contributed by atoms with Crippen LogP contribution in [0.1, 0.15) is 50.5 Å². The summed E-state index contributed by atoms with van der Waals surface area (Å²) in [5.74, 6) is 1.54. The van der Waals surface area contributed by atoms with E-state index in [1.807, 2.05) is 11.9 Å². The number of allylic oxidation sites excluding steroid dienone is 2. The zero-order valence-corrected chi connectivity index (χ0v) is 15.7. The Hall–Kier alpha value is -1.81. The van der Waals surface area contributed by atoms with E-state index in [2.05, 4.69) is 41.7 Å². The minimum absolute atomic E-state index is 0.124. The molecule has 4 nitrogen and oxygen atoms in total. The van der Waals surface area contributed by atoms with E-state index in [1.165, 1.54) is 5.56 Å². The third-order valence-electron chi connectivity index (χ3n) is 6.44. The molecule has 1 aromatic carbocycles. The molecule has 1 aromatic rings. The summed E-state index contributed by atoms with van der Waals surface area (Å²) in [7, 11) is 2.00. The van der Waals surface area contributed by atoms with Crippen molar-refractivity contribution in [3.8, 4) is 5.75 Å². The minimum Gasteiger partial charge on any atom is -0.486 e. The van der Waals surface area contributed by atoms with Gasteiger partial charge in [-0.2, -0.15) is 0 Å². The van der Waals surface area contributed by atoms with Crippen LogP contribution < -0.4 is 10.1 Å². The molecule has 0 radical (unpaired) electrons. The fourth-order valence-electron chi connectivity index (χ4n) is 4.72. The van der Waals surface area contributed by atoms with Crippen LogP contribution in [0, 0.1) is 5.92 Å². The number of carbonyl (C=O) groups excluding carboxylic acids is 1. The number of benzene rings is 1. The Morgan fingerprint density at radius 3 is 2.77 bits per heavy atom. The van der Waals surface area contributed by atoms with E-state index >= 15 is 0 Å². The largest absolute Gasteiger partial charge is 0.486 e. The van der Waals surface area contributed by atoms with E-state index in [0.717, 1.165) is 63.8 Å². The van der Waals surface area contributed by atoms with Crippen molar-refractivity contribution < 1.29 is 9.53 Å². The molecule has 140 valence electrons. The van der Waals surface area contributed by atoms with Gasteiger partial charge in [0.05, 0.1) is 0 Å². The van der Waals surface area contributed by atoms with Crippen molar-refractivity contribution in [1.82, 2.24) is 10.2 Å². The third-order valence-corrected chi connectivity index (χ3v) is 6.44. The van der Waals surface area contributed by atoms with E-state index in [9.17, 15) is 4.79 Å². The van der Waals surface area contributed by atoms with Crippen LogP contribution in [0.4, 0.5) is 0 Å². The molecule has 1 fully saturated rings. The van der Waals surface area contributed by atoms with Crippen LogP contribution in [0.15, 0.2) is 36.4 Å². The van der Waals surface area contributed by atoms with Crippen molar-refractivity contribution in [2.45, 2.75) is 63.1 Å². The summed E-state index contributed by atoms with van der Waals surface area (Å²) in [4.78, 5) is 14.9. The second-order valence-corrected chi connectivity index (χ2v) is 8.16. The number of amides is 1. The number of ether oxygens (including phenoxy) is 1. The van der Waals surface area contributed by atoms with Gasteiger partial charge in [0, 0.05) is 37.7 Å². The van der Waals surface area contributed by atoms with Crippen LogP contribution >= 0.6 is 0 Å². The molecule has 1 atom stereocenters. The molecule has 0 saturated heterocycles. The summed E-state index contributed by atoms with van der Waals surface area (Å²) in [6, 6.07) is 8.69. The molecule has 1 amide bonds. The Labute approximate surface area is 156 Å². The van der Waals surface area contributed by atoms with Crippen LogP contribution in [0.2, 0.25) is 0 Å². The van der Waals surface area contributed by atoms with Gasteiger partial charge in [-0.15, -0.1) is 0 Å². The van der Waals surface area contributed by atoms with Gasteiger partial charge in [0.25, 0.3) is 0 Å². The zero-order valence-electron chi connectivity index (χ0n) is 15.7. The van der Waals surface area contributed by atoms with Gasteiger partial charge in [0.1, 0.15) is 11.4 Å². The molecule has 1 N–H and O–H groups in total. The summed E-state index contributed by atoms with van der Waals surface area (Å²) in [6.45, 7) is 1.76. The molecule has 1 spiro atoms. The van der Waals surface area contributed by atoms with Crippen LogP contribution in [0.3, 0.4) is 0 Å². The molecule has 0 bridgehead atoms. The Morgan fingerprint density at radius 2 is 2.00 bits per heavy atom. The molecule has 1 heterocycles. The van der Waals surface area contributed by atoms with E-state index in [0.29, 0.717) is 11.9 Å². The summed E-state index contributed by atoms with van der Waals surface area (Å²) >= 11 is 0. The minimum atomic E-state index is -0.124. The number of hydrogen-bond acceptors (Lipinski definition) is 3. The number of fused-ring (bicyclic) bond motifs is 1. The third kappa shape index (κ3) is 3.52. The monoisotopic (exact) mass is 354 g/mol. The summed E-state index contributed by atoms with van der Waals surface area (Å²) < 4.78 is 6.52. The van der Waals surface area contributed by atoms with E-state index in [4.69, 9.17) is 4.74 Å². The molecule has 3 aliphatic rings. The number of nitrogens with zero attached hydrogens (tertiary/aromatic N) is 1. The molecular formula is C22H30N2O2. The SMILES string of the molecule is CN(C(=O)[C@H]1CC=CCC1)C1CCC2(CC1)CNCc1ccccc1O2. The molecule has 26 heavy (non-hydrogen) atoms. The molecule has 1 aliphatic heterocycles. The van der Waals surface area contributed by atoms with Gasteiger partial charge >= 0.3 is 0 Å². The Bertz CT molecular complexity index is 676. The molecule has 4 heteroatoms. The van der Waals surface area contributed by atoms with Crippen molar-refractivity contribution in [2.75, 3.05) is 13.6 Å². The first-order valence-electron chi connectivity index (χ1n) is 10.1. The second kappa shape index (κ2) is 7.43. The van der Waals surface area contributed by atoms with Gasteiger partial charge in [0.15, 0.2) is 0 Å². The number of para-hydroxylation sites is 1. The normalized spacial score (nSPS) is 31.0. The van der Waals surface area contributed by atoms with Crippen molar-refractivity contribution in [3.05, 3.63) is 42.0 Å². The van der Waals surface area contributed by atoms with E-state index in [-0.39, 0.29) is 11.5 Å². The van der Waals surface area contributed by atoms with Crippen molar-refractivity contribution in [2.24, 2.45) is 5.92 Å². The fraction of sp³-hybridized carbons (Fsp3) is 0.591. The highest BCUT2D eigenvalue weighted by atomic mass is 16.5. The first-order chi connectivity index (χ1) is 12.7. The molecule has 2 aliphatic carbocycles. The lowest BCUT2D eigenvalue weighted by Gasteiger charge is -2.42. The maximum Gasteiger partial charge on any atom is 0.225 e. The second-order valence-electron chi connectivity index (χ2n) is 8.16. The highest BCUT2D eigenvalue weighted by molar-refractivity contribution is 5.79. The van der Waals surface area contributed by atoms with Crippen molar-refractivity contribution in [1.29, 1.82) is 0 Å². The van der Waals surface area contributed by atoms with Crippen LogP contribution in [0.25, 0.3) is 0 Å². The molecule has 0 unspecified atom stereocenters. The van der Waals surface area contributed by atoms with Crippen LogP contribution in [-0.2, 0) is 11.3 Å². The maximum atomic E-state index is 12.8. The lowest BCUT2D eigenvalue weighted by molar-refractivity contribution is -0.138. The number of hydrogen-bond donors (Lipinski definition) is 1. The lowest BCUT2D eigenvalue weighted by Crippen LogP contribution is -2.51. The summed E-state index contributed by atoms with van der Waals surface area (Å²) in [6.07, 6.45) is 11.4. The smallest absolute Gasteiger partial charge is 0.225 e. The Balaban J connectivity index is 1.39. The highest BCUT2D eigenvalue weighted by Crippen LogP contribution is 2.37. The van der Waals surface area contributed by atoms with Crippen LogP contribution in [0.5, 0.6) is 5.75 Å². The first-order valence-corrected chi connectivity index (χ1v) is 10.1. The predicted molar refractivity (Wildman–Crippen MR) is 103 cm³/mol. The van der Waals surface area contributed by atoms with Crippen molar-refractivity contribution >= 4 is 5.91 Å². The molecular weight excluding hydrogens is 324 g/mol. The summed E-state index contributed by atoms with van der Waals surface area (Å²) in [5, 5.41) is 3.57. The van der Waals surface area contributed by atoms with Crippen molar-refractivity contribution in [3.63, 3.8) is 0 Å². The molecule has 4 rings (SSSR count). The van der Waals surface area contributed by atoms with Gasteiger partial charge < -0.3 is 15.0 Å². The Kier molecular flexibility index (Phi) is 5.03. The molecule has 1 saturated carbocycles. The van der Waals surface area contributed by atoms with Gasteiger partial charge in [-0.05, 0) is 51.0 Å². The maximum absolute atomic E-state index is 12.8. The average molecular weight is 354 g/mol. The lowest BCUT2D eigenvalue weighted by atomic mass is 9.80. The van der Waals surface area contributed by atoms with Gasteiger partial charge in [-0.1, -0.05) is 30.4 Å². The average Bonchev–Trinajstić information content (AvgIpc) is 2.87. The number of rotatable bonds is 2. The molecule has 0 aromatic heterocycles. The standard InChI is InChI=1S/C22H30N2O2/c1-24(21(25)17-7-3-2-4-8-17)19-11-13-22(14-12-19)16-23-15-18-9-5-6-10-20(18)26-22/h2-3,5-6,9-10,17,19,23H,4,7-8,11-16H2,1H3/t17-,19?,22?/m0/s1. The van der Waals surface area contributed by atoms with Crippen LogP contribution in [-0.4, -0.2) is 36.0 Å². The first kappa shape index (κ1) is 17.6. The predicted octanol–water partition coefficient (Wildman–Crippen LogP) is 3.66. The quantitative estimate of drug-likeness (QED) is 0.824. The highest BCUT2D eigenvalue weighted by Gasteiger charge is 2.41. The van der Waals surface area contributed by atoms with E-state index < -0.39 is 0 Å². The Morgan fingerprint density at radius 1 is 1.19 bits per heavy atom. The van der Waals surface area contributed by atoms with Gasteiger partial charge in [0.2, 0.25) is 5.91 Å². The van der Waals surface area contributed by atoms with E-state index in [1.54, 1.807) is 0 Å². The fourth-order valence-corrected chi connectivity index (χ4v) is 4.72.